The highest BCUT2D eigenvalue weighted by atomic mass is 19.4. The van der Waals surface area contributed by atoms with E-state index in [1.807, 2.05) is 4.90 Å². The Balaban J connectivity index is 1.93. The van der Waals surface area contributed by atoms with Crippen LogP contribution in [0.1, 0.15) is 19.3 Å². The Morgan fingerprint density at radius 1 is 1.17 bits per heavy atom. The number of alkyl halides is 3. The molecule has 6 heteroatoms. The van der Waals surface area contributed by atoms with Gasteiger partial charge in [0.05, 0.1) is 5.54 Å². The average molecular weight is 260 g/mol. The summed E-state index contributed by atoms with van der Waals surface area (Å²) in [5.41, 5.74) is -0.270. The fraction of sp³-hybridized carbons (Fsp3) is 0.750. The number of amides is 1. The summed E-state index contributed by atoms with van der Waals surface area (Å²) in [6.07, 6.45) is 3.60. The Morgan fingerprint density at radius 2 is 1.72 bits per heavy atom. The van der Waals surface area contributed by atoms with Crippen molar-refractivity contribution < 1.29 is 18.0 Å². The van der Waals surface area contributed by atoms with Gasteiger partial charge in [0.1, 0.15) is 0 Å². The van der Waals surface area contributed by atoms with E-state index in [2.05, 4.69) is 5.92 Å². The number of halogens is 3. The van der Waals surface area contributed by atoms with E-state index in [-0.39, 0.29) is 18.6 Å². The van der Waals surface area contributed by atoms with E-state index in [1.165, 1.54) is 0 Å². The van der Waals surface area contributed by atoms with Crippen LogP contribution in [0.25, 0.3) is 0 Å². The molecule has 0 N–H and O–H groups in total. The highest BCUT2D eigenvalue weighted by molar-refractivity contribution is 5.81. The maximum Gasteiger partial charge on any atom is 0.471 e. The van der Waals surface area contributed by atoms with Crippen molar-refractivity contribution in [2.45, 2.75) is 31.0 Å². The molecule has 0 aromatic rings. The maximum absolute atomic E-state index is 12.3. The molecule has 100 valence electrons. The zero-order valence-corrected chi connectivity index (χ0v) is 9.96. The lowest BCUT2D eigenvalue weighted by Gasteiger charge is -2.49. The lowest BCUT2D eigenvalue weighted by Crippen LogP contribution is -2.61. The topological polar surface area (TPSA) is 23.6 Å². The van der Waals surface area contributed by atoms with Crippen molar-refractivity contribution in [3.63, 3.8) is 0 Å². The van der Waals surface area contributed by atoms with Gasteiger partial charge in [-0.15, -0.1) is 6.42 Å². The van der Waals surface area contributed by atoms with Crippen LogP contribution in [0, 0.1) is 12.3 Å². The third-order valence-electron chi connectivity index (χ3n) is 3.86. The molecule has 0 aromatic carbocycles. The van der Waals surface area contributed by atoms with Crippen molar-refractivity contribution in [1.29, 1.82) is 0 Å². The van der Waals surface area contributed by atoms with Gasteiger partial charge in [-0.2, -0.15) is 13.2 Å². The minimum absolute atomic E-state index is 0.0990. The largest absolute Gasteiger partial charge is 0.471 e. The fourth-order valence-electron chi connectivity index (χ4n) is 2.58. The fourth-order valence-corrected chi connectivity index (χ4v) is 2.58. The number of hydrogen-bond acceptors (Lipinski definition) is 2. The lowest BCUT2D eigenvalue weighted by molar-refractivity contribution is -0.187. The quantitative estimate of drug-likeness (QED) is 0.662. The Labute approximate surface area is 104 Å². The number of nitrogens with zero attached hydrogens (tertiary/aromatic N) is 2. The van der Waals surface area contributed by atoms with Crippen molar-refractivity contribution in [1.82, 2.24) is 9.80 Å². The number of hydrogen-bond donors (Lipinski definition) is 0. The molecule has 1 heterocycles. The second-order valence-corrected chi connectivity index (χ2v) is 4.81. The van der Waals surface area contributed by atoms with Crippen LogP contribution in [0.3, 0.4) is 0 Å². The molecule has 2 rings (SSSR count). The molecule has 2 aliphatic rings. The summed E-state index contributed by atoms with van der Waals surface area (Å²) < 4.78 is 36.8. The van der Waals surface area contributed by atoms with E-state index in [0.717, 1.165) is 24.2 Å². The zero-order valence-electron chi connectivity index (χ0n) is 9.96. The SMILES string of the molecule is C#CC1(N2CCN(C(=O)C(F)(F)F)CC2)CCC1. The molecule has 1 saturated heterocycles. The Bertz CT molecular complexity index is 374. The highest BCUT2D eigenvalue weighted by Crippen LogP contribution is 2.37. The summed E-state index contributed by atoms with van der Waals surface area (Å²) in [4.78, 5) is 14.0. The van der Waals surface area contributed by atoms with Crippen molar-refractivity contribution in [2.75, 3.05) is 26.2 Å². The monoisotopic (exact) mass is 260 g/mol. The van der Waals surface area contributed by atoms with Crippen molar-refractivity contribution in [3.05, 3.63) is 0 Å². The highest BCUT2D eigenvalue weighted by Gasteiger charge is 2.46. The van der Waals surface area contributed by atoms with Crippen LogP contribution in [-0.4, -0.2) is 53.6 Å². The standard InChI is InChI=1S/C12H15F3N2O/c1-2-11(4-3-5-11)17-8-6-16(7-9-17)10(18)12(13,14)15/h1H,3-9H2. The van der Waals surface area contributed by atoms with Gasteiger partial charge in [0, 0.05) is 26.2 Å². The van der Waals surface area contributed by atoms with Crippen LogP contribution in [-0.2, 0) is 4.79 Å². The van der Waals surface area contributed by atoms with E-state index < -0.39 is 12.1 Å². The van der Waals surface area contributed by atoms with Crippen LogP contribution in [0.5, 0.6) is 0 Å². The zero-order chi connectivity index (χ0) is 13.4. The van der Waals surface area contributed by atoms with Gasteiger partial charge in [0.25, 0.3) is 0 Å². The van der Waals surface area contributed by atoms with Crippen LogP contribution in [0.4, 0.5) is 13.2 Å². The maximum atomic E-state index is 12.3. The molecule has 2 fully saturated rings. The first-order chi connectivity index (χ1) is 8.39. The first kappa shape index (κ1) is 13.2. The van der Waals surface area contributed by atoms with Crippen LogP contribution >= 0.6 is 0 Å². The molecular formula is C12H15F3N2O. The Morgan fingerprint density at radius 3 is 2.06 bits per heavy atom. The summed E-state index contributed by atoms with van der Waals surface area (Å²) >= 11 is 0. The first-order valence-electron chi connectivity index (χ1n) is 5.98. The molecule has 1 aliphatic heterocycles. The summed E-state index contributed by atoms with van der Waals surface area (Å²) in [6.45, 7) is 1.04. The number of terminal acetylenes is 1. The number of rotatable bonds is 1. The molecule has 1 saturated carbocycles. The summed E-state index contributed by atoms with van der Waals surface area (Å²) in [6, 6.07) is 0. The van der Waals surface area contributed by atoms with Gasteiger partial charge in [-0.05, 0) is 19.3 Å². The second-order valence-electron chi connectivity index (χ2n) is 4.81. The molecule has 0 spiro atoms. The Kier molecular flexibility index (Phi) is 3.28. The predicted molar refractivity (Wildman–Crippen MR) is 59.6 cm³/mol. The molecule has 0 atom stereocenters. The van der Waals surface area contributed by atoms with Gasteiger partial charge in [0.2, 0.25) is 0 Å². The molecule has 0 bridgehead atoms. The van der Waals surface area contributed by atoms with Crippen LogP contribution in [0.15, 0.2) is 0 Å². The predicted octanol–water partition coefficient (Wildman–Crippen LogP) is 1.25. The van der Waals surface area contributed by atoms with Crippen LogP contribution in [0.2, 0.25) is 0 Å². The van der Waals surface area contributed by atoms with Crippen LogP contribution < -0.4 is 0 Å². The van der Waals surface area contributed by atoms with E-state index in [1.54, 1.807) is 0 Å². The van der Waals surface area contributed by atoms with Gasteiger partial charge in [-0.1, -0.05) is 5.92 Å². The van der Waals surface area contributed by atoms with Gasteiger partial charge >= 0.3 is 12.1 Å². The summed E-state index contributed by atoms with van der Waals surface area (Å²) in [5, 5.41) is 0. The second kappa shape index (κ2) is 4.47. The van der Waals surface area contributed by atoms with E-state index in [9.17, 15) is 18.0 Å². The van der Waals surface area contributed by atoms with Gasteiger partial charge in [0.15, 0.2) is 0 Å². The van der Waals surface area contributed by atoms with Gasteiger partial charge < -0.3 is 4.90 Å². The normalized spacial score (nSPS) is 24.2. The average Bonchev–Trinajstić information content (AvgIpc) is 2.27. The number of carbonyl (C=O) groups excluding carboxylic acids is 1. The molecule has 0 unspecified atom stereocenters. The summed E-state index contributed by atoms with van der Waals surface area (Å²) in [5.74, 6) is 1.01. The lowest BCUT2D eigenvalue weighted by atomic mass is 9.75. The number of carbonyl (C=O) groups is 1. The van der Waals surface area contributed by atoms with Gasteiger partial charge in [-0.3, -0.25) is 9.69 Å². The molecule has 1 amide bonds. The molecule has 18 heavy (non-hydrogen) atoms. The third-order valence-corrected chi connectivity index (χ3v) is 3.86. The van der Waals surface area contributed by atoms with E-state index in [4.69, 9.17) is 6.42 Å². The van der Waals surface area contributed by atoms with Crippen molar-refractivity contribution in [3.8, 4) is 12.3 Å². The number of piperazine rings is 1. The van der Waals surface area contributed by atoms with E-state index >= 15 is 0 Å². The molecule has 1 aliphatic carbocycles. The third kappa shape index (κ3) is 2.19. The first-order valence-corrected chi connectivity index (χ1v) is 5.98. The summed E-state index contributed by atoms with van der Waals surface area (Å²) in [7, 11) is 0. The molecule has 0 radical (unpaired) electrons. The molecule has 3 nitrogen and oxygen atoms in total. The van der Waals surface area contributed by atoms with Crippen molar-refractivity contribution in [2.24, 2.45) is 0 Å². The van der Waals surface area contributed by atoms with E-state index in [0.29, 0.717) is 13.1 Å². The molecular weight excluding hydrogens is 245 g/mol. The smallest absolute Gasteiger partial charge is 0.332 e. The minimum atomic E-state index is -4.78. The van der Waals surface area contributed by atoms with Crippen molar-refractivity contribution >= 4 is 5.91 Å². The Hall–Kier alpha value is -1.22. The molecule has 0 aromatic heterocycles. The van der Waals surface area contributed by atoms with Gasteiger partial charge in [-0.25, -0.2) is 0 Å². The minimum Gasteiger partial charge on any atom is -0.332 e.